The van der Waals surface area contributed by atoms with Gasteiger partial charge in [0.15, 0.2) is 5.75 Å². The molecule has 3 aromatic rings. The zero-order valence-electron chi connectivity index (χ0n) is 13.3. The van der Waals surface area contributed by atoms with Crippen molar-refractivity contribution in [1.82, 2.24) is 0 Å². The van der Waals surface area contributed by atoms with Crippen molar-refractivity contribution in [2.45, 2.75) is 6.92 Å². The zero-order chi connectivity index (χ0) is 17.4. The zero-order valence-corrected chi connectivity index (χ0v) is 14.1. The van der Waals surface area contributed by atoms with E-state index >= 15 is 0 Å². The molecule has 5 nitrogen and oxygen atoms in total. The van der Waals surface area contributed by atoms with E-state index in [2.05, 4.69) is 10.6 Å². The van der Waals surface area contributed by atoms with E-state index < -0.39 is 0 Å². The van der Waals surface area contributed by atoms with Gasteiger partial charge in [0.25, 0.3) is 11.8 Å². The number of aryl methyl sites for hydroxylation is 1. The highest BCUT2D eigenvalue weighted by atomic mass is 32.1. The molecule has 0 bridgehead atoms. The van der Waals surface area contributed by atoms with Crippen LogP contribution in [0.25, 0.3) is 0 Å². The third-order valence-electron chi connectivity index (χ3n) is 3.79. The van der Waals surface area contributed by atoms with Crippen LogP contribution >= 0.6 is 11.3 Å². The standard InChI is InChI=1S/C19H14N2O3S/c1-11-8-17(25-10-11)19(23)20-12-6-7-15-13(9-12)18(22)21-14-4-2-3-5-16(14)24-15/h2-10H,1H3,(H,20,23)(H,21,22). The molecule has 1 aliphatic heterocycles. The van der Waals surface area contributed by atoms with Crippen molar-refractivity contribution in [3.05, 3.63) is 69.9 Å². The van der Waals surface area contributed by atoms with Crippen molar-refractivity contribution in [2.75, 3.05) is 10.6 Å². The topological polar surface area (TPSA) is 67.4 Å². The van der Waals surface area contributed by atoms with E-state index in [0.717, 1.165) is 5.56 Å². The minimum atomic E-state index is -0.275. The van der Waals surface area contributed by atoms with Gasteiger partial charge in [-0.1, -0.05) is 12.1 Å². The van der Waals surface area contributed by atoms with Gasteiger partial charge >= 0.3 is 0 Å². The Kier molecular flexibility index (Phi) is 3.74. The van der Waals surface area contributed by atoms with Crippen molar-refractivity contribution in [3.8, 4) is 11.5 Å². The number of nitrogens with one attached hydrogen (secondary N) is 2. The molecule has 25 heavy (non-hydrogen) atoms. The van der Waals surface area contributed by atoms with E-state index in [0.29, 0.717) is 33.3 Å². The first-order chi connectivity index (χ1) is 12.1. The van der Waals surface area contributed by atoms with Gasteiger partial charge in [0.1, 0.15) is 5.75 Å². The van der Waals surface area contributed by atoms with Crippen LogP contribution in [0.15, 0.2) is 53.9 Å². The van der Waals surface area contributed by atoms with Crippen LogP contribution in [0.2, 0.25) is 0 Å². The molecule has 2 amide bonds. The molecule has 124 valence electrons. The maximum absolute atomic E-state index is 12.5. The third-order valence-corrected chi connectivity index (χ3v) is 4.84. The molecule has 1 aromatic heterocycles. The molecule has 4 rings (SSSR count). The highest BCUT2D eigenvalue weighted by molar-refractivity contribution is 7.12. The molecular weight excluding hydrogens is 336 g/mol. The van der Waals surface area contributed by atoms with Crippen LogP contribution < -0.4 is 15.4 Å². The summed E-state index contributed by atoms with van der Waals surface area (Å²) in [5.41, 5.74) is 2.57. The van der Waals surface area contributed by atoms with Gasteiger partial charge in [-0.3, -0.25) is 9.59 Å². The first kappa shape index (κ1) is 15.4. The summed E-state index contributed by atoms with van der Waals surface area (Å²) in [5.74, 6) is 0.562. The van der Waals surface area contributed by atoms with Gasteiger partial charge in [0.2, 0.25) is 0 Å². The summed E-state index contributed by atoms with van der Waals surface area (Å²) in [6.07, 6.45) is 0. The van der Waals surface area contributed by atoms with E-state index in [-0.39, 0.29) is 11.8 Å². The normalized spacial score (nSPS) is 12.3. The number of hydrogen-bond donors (Lipinski definition) is 2. The maximum atomic E-state index is 12.5. The molecule has 0 saturated carbocycles. The van der Waals surface area contributed by atoms with Crippen LogP contribution in [0, 0.1) is 6.92 Å². The summed E-state index contributed by atoms with van der Waals surface area (Å²) in [4.78, 5) is 25.4. The molecule has 6 heteroatoms. The Labute approximate surface area is 148 Å². The SMILES string of the molecule is Cc1csc(C(=O)Nc2ccc3c(c2)C(=O)Nc2ccccc2O3)c1. The Hall–Kier alpha value is -3.12. The Morgan fingerprint density at radius 1 is 1.12 bits per heavy atom. The van der Waals surface area contributed by atoms with Gasteiger partial charge in [-0.05, 0) is 54.3 Å². The first-order valence-corrected chi connectivity index (χ1v) is 8.57. The fourth-order valence-corrected chi connectivity index (χ4v) is 3.38. The quantitative estimate of drug-likeness (QED) is 0.706. The number of para-hydroxylation sites is 2. The predicted octanol–water partition coefficient (Wildman–Crippen LogP) is 4.67. The first-order valence-electron chi connectivity index (χ1n) is 7.69. The lowest BCUT2D eigenvalue weighted by Gasteiger charge is -2.09. The lowest BCUT2D eigenvalue weighted by atomic mass is 10.1. The smallest absolute Gasteiger partial charge is 0.265 e. The number of amides is 2. The highest BCUT2D eigenvalue weighted by Crippen LogP contribution is 2.36. The average molecular weight is 350 g/mol. The van der Waals surface area contributed by atoms with Crippen molar-refractivity contribution < 1.29 is 14.3 Å². The monoisotopic (exact) mass is 350 g/mol. The molecule has 0 spiro atoms. The summed E-state index contributed by atoms with van der Waals surface area (Å²) in [5, 5.41) is 7.56. The van der Waals surface area contributed by atoms with Crippen molar-refractivity contribution in [3.63, 3.8) is 0 Å². The van der Waals surface area contributed by atoms with E-state index in [1.54, 1.807) is 30.3 Å². The number of rotatable bonds is 2. The molecule has 0 fully saturated rings. The molecule has 1 aliphatic rings. The minimum Gasteiger partial charge on any atom is -0.454 e. The minimum absolute atomic E-state index is 0.198. The Morgan fingerprint density at radius 2 is 1.96 bits per heavy atom. The van der Waals surface area contributed by atoms with Gasteiger partial charge in [-0.25, -0.2) is 0 Å². The van der Waals surface area contributed by atoms with Crippen LogP contribution in [0.5, 0.6) is 11.5 Å². The third kappa shape index (κ3) is 2.99. The lowest BCUT2D eigenvalue weighted by molar-refractivity contribution is 0.101. The van der Waals surface area contributed by atoms with Crippen molar-refractivity contribution in [1.29, 1.82) is 0 Å². The van der Waals surface area contributed by atoms with E-state index in [4.69, 9.17) is 4.74 Å². The van der Waals surface area contributed by atoms with E-state index in [1.807, 2.05) is 30.5 Å². The fourth-order valence-electron chi connectivity index (χ4n) is 2.58. The van der Waals surface area contributed by atoms with Gasteiger partial charge < -0.3 is 15.4 Å². The number of carbonyl (C=O) groups is 2. The second kappa shape index (κ2) is 6.07. The number of hydrogen-bond acceptors (Lipinski definition) is 4. The number of thiophene rings is 1. The van der Waals surface area contributed by atoms with Crippen LogP contribution in [0.1, 0.15) is 25.6 Å². The Bertz CT molecular complexity index is 994. The molecule has 2 heterocycles. The van der Waals surface area contributed by atoms with Gasteiger partial charge in [-0.15, -0.1) is 11.3 Å². The van der Waals surface area contributed by atoms with Crippen molar-refractivity contribution in [2.24, 2.45) is 0 Å². The summed E-state index contributed by atoms with van der Waals surface area (Å²) in [6, 6.07) is 14.1. The lowest BCUT2D eigenvalue weighted by Crippen LogP contribution is -2.13. The van der Waals surface area contributed by atoms with Crippen LogP contribution in [-0.4, -0.2) is 11.8 Å². The van der Waals surface area contributed by atoms with Crippen LogP contribution in [0.3, 0.4) is 0 Å². The number of fused-ring (bicyclic) bond motifs is 2. The largest absolute Gasteiger partial charge is 0.454 e. The van der Waals surface area contributed by atoms with Gasteiger partial charge in [0, 0.05) is 5.69 Å². The number of anilines is 2. The van der Waals surface area contributed by atoms with Crippen LogP contribution in [0.4, 0.5) is 11.4 Å². The second-order valence-electron chi connectivity index (χ2n) is 5.71. The number of ether oxygens (including phenoxy) is 1. The summed E-state index contributed by atoms with van der Waals surface area (Å²) in [6.45, 7) is 1.94. The predicted molar refractivity (Wildman–Crippen MR) is 97.9 cm³/mol. The van der Waals surface area contributed by atoms with Crippen molar-refractivity contribution >= 4 is 34.5 Å². The highest BCUT2D eigenvalue weighted by Gasteiger charge is 2.21. The second-order valence-corrected chi connectivity index (χ2v) is 6.62. The molecule has 2 aromatic carbocycles. The summed E-state index contributed by atoms with van der Waals surface area (Å²) < 4.78 is 5.83. The number of carbonyl (C=O) groups excluding carboxylic acids is 2. The number of benzene rings is 2. The molecule has 2 N–H and O–H groups in total. The molecule has 0 atom stereocenters. The van der Waals surface area contributed by atoms with E-state index in [9.17, 15) is 9.59 Å². The summed E-state index contributed by atoms with van der Waals surface area (Å²) >= 11 is 1.39. The average Bonchev–Trinajstić information content (AvgIpc) is 2.98. The molecular formula is C19H14N2O3S. The molecule has 0 radical (unpaired) electrons. The summed E-state index contributed by atoms with van der Waals surface area (Å²) in [7, 11) is 0. The van der Waals surface area contributed by atoms with Gasteiger partial charge in [-0.2, -0.15) is 0 Å². The maximum Gasteiger partial charge on any atom is 0.265 e. The molecule has 0 unspecified atom stereocenters. The van der Waals surface area contributed by atoms with E-state index in [1.165, 1.54) is 11.3 Å². The molecule has 0 saturated heterocycles. The fraction of sp³-hybridized carbons (Fsp3) is 0.0526. The molecule has 0 aliphatic carbocycles. The van der Waals surface area contributed by atoms with Crippen LogP contribution in [-0.2, 0) is 0 Å². The Morgan fingerprint density at radius 3 is 2.76 bits per heavy atom. The Balaban J connectivity index is 1.63. The van der Waals surface area contributed by atoms with Gasteiger partial charge in [0.05, 0.1) is 16.1 Å².